The Kier molecular flexibility index (Phi) is 3.88. The average Bonchev–Trinajstić information content (AvgIpc) is 3.17. The van der Waals surface area contributed by atoms with Crippen LogP contribution in [0, 0.1) is 0 Å². The normalized spacial score (nSPS) is 11.7. The van der Waals surface area contributed by atoms with Crippen molar-refractivity contribution in [3.8, 4) is 0 Å². The van der Waals surface area contributed by atoms with Gasteiger partial charge < -0.3 is 9.72 Å². The summed E-state index contributed by atoms with van der Waals surface area (Å²) in [6, 6.07) is 6.86. The number of para-hydroxylation sites is 1. The van der Waals surface area contributed by atoms with Gasteiger partial charge in [0, 0.05) is 17.1 Å². The Morgan fingerprint density at radius 2 is 1.96 bits per heavy atom. The van der Waals surface area contributed by atoms with E-state index in [-0.39, 0.29) is 16.9 Å². The van der Waals surface area contributed by atoms with Crippen molar-refractivity contribution in [2.75, 3.05) is 7.11 Å². The van der Waals surface area contributed by atoms with E-state index < -0.39 is 33.5 Å². The van der Waals surface area contributed by atoms with E-state index in [4.69, 9.17) is 0 Å². The van der Waals surface area contributed by atoms with E-state index in [1.54, 1.807) is 24.3 Å². The largest absolute Gasteiger partial charge is 0.464 e. The van der Waals surface area contributed by atoms with Crippen LogP contribution in [0.1, 0.15) is 30.7 Å². The maximum Gasteiger partial charge on any atom is 0.428 e. The minimum atomic E-state index is -4.81. The van der Waals surface area contributed by atoms with Crippen LogP contribution in [0.5, 0.6) is 0 Å². The van der Waals surface area contributed by atoms with Gasteiger partial charge in [-0.2, -0.15) is 13.2 Å². The number of thiazole rings is 1. The van der Waals surface area contributed by atoms with E-state index >= 15 is 0 Å². The molecule has 5 nitrogen and oxygen atoms in total. The summed E-state index contributed by atoms with van der Waals surface area (Å²) in [4.78, 5) is 29.2. The minimum absolute atomic E-state index is 0.125. The Labute approximate surface area is 137 Å². The molecule has 2 aromatic heterocycles. The first-order valence-electron chi connectivity index (χ1n) is 6.60. The van der Waals surface area contributed by atoms with Gasteiger partial charge in [0.05, 0.1) is 12.7 Å². The van der Waals surface area contributed by atoms with Gasteiger partial charge in [-0.25, -0.2) is 9.78 Å². The molecule has 0 bridgehead atoms. The Morgan fingerprint density at radius 3 is 2.62 bits per heavy atom. The maximum absolute atomic E-state index is 13.1. The third kappa shape index (κ3) is 2.67. The Morgan fingerprint density at radius 1 is 1.25 bits per heavy atom. The summed E-state index contributed by atoms with van der Waals surface area (Å²) in [5.74, 6) is -1.94. The number of benzene rings is 1. The predicted molar refractivity (Wildman–Crippen MR) is 80.2 cm³/mol. The highest BCUT2D eigenvalue weighted by Gasteiger charge is 2.40. The predicted octanol–water partition coefficient (Wildman–Crippen LogP) is 3.66. The number of nitrogens with one attached hydrogen (secondary N) is 1. The molecule has 3 aromatic rings. The molecule has 0 radical (unpaired) electrons. The van der Waals surface area contributed by atoms with Crippen molar-refractivity contribution in [1.29, 1.82) is 0 Å². The summed E-state index contributed by atoms with van der Waals surface area (Å²) in [6.45, 7) is 0. The summed E-state index contributed by atoms with van der Waals surface area (Å²) in [7, 11) is 0.947. The van der Waals surface area contributed by atoms with Crippen molar-refractivity contribution in [2.45, 2.75) is 6.18 Å². The molecular weight excluding hydrogens is 345 g/mol. The second-order valence-electron chi connectivity index (χ2n) is 4.76. The van der Waals surface area contributed by atoms with Crippen LogP contribution >= 0.6 is 11.3 Å². The van der Waals surface area contributed by atoms with Gasteiger partial charge in [0.2, 0.25) is 5.78 Å². The minimum Gasteiger partial charge on any atom is -0.464 e. The summed E-state index contributed by atoms with van der Waals surface area (Å²) < 4.78 is 43.5. The third-order valence-corrected chi connectivity index (χ3v) is 4.39. The number of aromatic amines is 1. The van der Waals surface area contributed by atoms with E-state index in [2.05, 4.69) is 14.7 Å². The van der Waals surface area contributed by atoms with E-state index in [0.29, 0.717) is 10.9 Å². The van der Waals surface area contributed by atoms with Gasteiger partial charge in [0.15, 0.2) is 10.7 Å². The van der Waals surface area contributed by atoms with Crippen molar-refractivity contribution in [3.05, 3.63) is 51.6 Å². The smallest absolute Gasteiger partial charge is 0.428 e. The van der Waals surface area contributed by atoms with Crippen LogP contribution in [0.2, 0.25) is 0 Å². The lowest BCUT2D eigenvalue weighted by molar-refractivity contribution is -0.135. The number of halogens is 3. The summed E-state index contributed by atoms with van der Waals surface area (Å²) in [5, 5.41) is 0.137. The number of ketones is 1. The molecule has 0 aliphatic carbocycles. The number of fused-ring (bicyclic) bond motifs is 1. The zero-order valence-corrected chi connectivity index (χ0v) is 12.9. The van der Waals surface area contributed by atoms with E-state index in [1.165, 1.54) is 6.20 Å². The molecule has 9 heteroatoms. The lowest BCUT2D eigenvalue weighted by atomic mass is 10.1. The van der Waals surface area contributed by atoms with E-state index in [1.807, 2.05) is 0 Å². The van der Waals surface area contributed by atoms with Gasteiger partial charge in [-0.15, -0.1) is 11.3 Å². The number of H-pyrrole nitrogens is 1. The highest BCUT2D eigenvalue weighted by Crippen LogP contribution is 2.37. The topological polar surface area (TPSA) is 72.0 Å². The second-order valence-corrected chi connectivity index (χ2v) is 5.76. The number of nitrogens with zero attached hydrogens (tertiary/aromatic N) is 1. The van der Waals surface area contributed by atoms with Crippen LogP contribution in [0.15, 0.2) is 30.5 Å². The number of hydrogen-bond donors (Lipinski definition) is 1. The molecule has 1 N–H and O–H groups in total. The van der Waals surface area contributed by atoms with Crippen LogP contribution in [-0.2, 0) is 10.9 Å². The van der Waals surface area contributed by atoms with Gasteiger partial charge in [0.25, 0.3) is 0 Å². The van der Waals surface area contributed by atoms with Gasteiger partial charge in [-0.05, 0) is 6.07 Å². The molecule has 0 fully saturated rings. The molecule has 2 heterocycles. The molecule has 0 atom stereocenters. The number of carbonyl (C=O) groups excluding carboxylic acids is 2. The summed E-state index contributed by atoms with van der Waals surface area (Å²) in [6.07, 6.45) is -3.40. The lowest BCUT2D eigenvalue weighted by Crippen LogP contribution is -2.12. The van der Waals surface area contributed by atoms with Gasteiger partial charge in [-0.1, -0.05) is 18.2 Å². The first-order chi connectivity index (χ1) is 11.3. The fourth-order valence-corrected chi connectivity index (χ4v) is 3.09. The quantitative estimate of drug-likeness (QED) is 0.575. The van der Waals surface area contributed by atoms with Crippen LogP contribution in [0.4, 0.5) is 13.2 Å². The molecule has 0 amide bonds. The highest BCUT2D eigenvalue weighted by molar-refractivity contribution is 7.14. The number of esters is 1. The van der Waals surface area contributed by atoms with Crippen molar-refractivity contribution < 1.29 is 27.5 Å². The van der Waals surface area contributed by atoms with E-state index in [9.17, 15) is 22.8 Å². The standard InChI is InChI=1S/C15H9F3N2O3S/c1-23-14(22)10-12(15(16,17)18)24-13(20-10)11(21)8-6-19-9-5-3-2-4-7(8)9/h2-6,19H,1H3. The Balaban J connectivity index is 2.11. The number of alkyl halides is 3. The molecule has 124 valence electrons. The third-order valence-electron chi connectivity index (χ3n) is 3.29. The molecule has 3 rings (SSSR count). The molecule has 0 saturated carbocycles. The zero-order chi connectivity index (χ0) is 17.5. The molecule has 0 spiro atoms. The van der Waals surface area contributed by atoms with E-state index in [0.717, 1.165) is 7.11 Å². The average molecular weight is 354 g/mol. The first kappa shape index (κ1) is 16.2. The van der Waals surface area contributed by atoms with Crippen molar-refractivity contribution in [1.82, 2.24) is 9.97 Å². The number of aromatic nitrogens is 2. The second kappa shape index (κ2) is 5.75. The van der Waals surface area contributed by atoms with Crippen LogP contribution < -0.4 is 0 Å². The van der Waals surface area contributed by atoms with Crippen LogP contribution in [-0.4, -0.2) is 28.8 Å². The maximum atomic E-state index is 13.1. The number of hydrogen-bond acceptors (Lipinski definition) is 5. The molecule has 0 aliphatic rings. The Bertz CT molecular complexity index is 943. The molecule has 24 heavy (non-hydrogen) atoms. The van der Waals surface area contributed by atoms with Crippen molar-refractivity contribution in [2.24, 2.45) is 0 Å². The molecule has 0 aliphatic heterocycles. The fraction of sp³-hybridized carbons (Fsp3) is 0.133. The molecular formula is C15H9F3N2O3S. The fourth-order valence-electron chi connectivity index (χ4n) is 2.22. The number of methoxy groups -OCH3 is 1. The number of ether oxygens (including phenoxy) is 1. The summed E-state index contributed by atoms with van der Waals surface area (Å²) >= 11 is 0.125. The van der Waals surface area contributed by atoms with Crippen molar-refractivity contribution in [3.63, 3.8) is 0 Å². The Hall–Kier alpha value is -2.68. The van der Waals surface area contributed by atoms with Crippen LogP contribution in [0.3, 0.4) is 0 Å². The van der Waals surface area contributed by atoms with Gasteiger partial charge >= 0.3 is 12.1 Å². The van der Waals surface area contributed by atoms with Crippen LogP contribution in [0.25, 0.3) is 10.9 Å². The molecule has 1 aromatic carbocycles. The SMILES string of the molecule is COC(=O)c1nc(C(=O)c2c[nH]c3ccccc23)sc1C(F)(F)F. The monoisotopic (exact) mass is 354 g/mol. The lowest BCUT2D eigenvalue weighted by Gasteiger charge is -2.03. The van der Waals surface area contributed by atoms with Gasteiger partial charge in [0.1, 0.15) is 4.88 Å². The number of carbonyl (C=O) groups is 2. The summed E-state index contributed by atoms with van der Waals surface area (Å²) in [5.41, 5.74) is -0.0516. The van der Waals surface area contributed by atoms with Gasteiger partial charge in [-0.3, -0.25) is 4.79 Å². The first-order valence-corrected chi connectivity index (χ1v) is 7.41. The zero-order valence-electron chi connectivity index (χ0n) is 12.1. The molecule has 0 unspecified atom stereocenters. The molecule has 0 saturated heterocycles. The highest BCUT2D eigenvalue weighted by atomic mass is 32.1. The number of rotatable bonds is 3. The van der Waals surface area contributed by atoms with Crippen molar-refractivity contribution >= 4 is 34.0 Å².